The Hall–Kier alpha value is -2.61. The van der Waals surface area contributed by atoms with Crippen molar-refractivity contribution in [1.29, 1.82) is 0 Å². The van der Waals surface area contributed by atoms with Gasteiger partial charge in [-0.05, 0) is 24.6 Å². The fraction of sp³-hybridized carbons (Fsp3) is 0.316. The summed E-state index contributed by atoms with van der Waals surface area (Å²) < 4.78 is 99.8. The molecule has 0 radical (unpaired) electrons. The van der Waals surface area contributed by atoms with Crippen LogP contribution in [-0.4, -0.2) is 57.9 Å². The summed E-state index contributed by atoms with van der Waals surface area (Å²) in [6.45, 7) is 4.69. The highest BCUT2D eigenvalue weighted by Gasteiger charge is 2.32. The molecule has 0 bridgehead atoms. The van der Waals surface area contributed by atoms with Gasteiger partial charge in [-0.1, -0.05) is 6.07 Å². The number of hydrogen-bond acceptors (Lipinski definition) is 6. The molecule has 2 aromatic rings. The molecule has 1 aliphatic rings. The van der Waals surface area contributed by atoms with E-state index in [1.807, 2.05) is 6.79 Å². The minimum Gasteiger partial charge on any atom is -0.450 e. The molecule has 0 saturated carbocycles. The minimum atomic E-state index is -4.13. The van der Waals surface area contributed by atoms with Crippen molar-refractivity contribution >= 4 is 16.8 Å². The van der Waals surface area contributed by atoms with Crippen LogP contribution in [0.5, 0.6) is 11.5 Å². The smallest absolute Gasteiger partial charge is 0.246 e. The van der Waals surface area contributed by atoms with Crippen LogP contribution < -0.4 is 10.1 Å². The summed E-state index contributed by atoms with van der Waals surface area (Å²) in [4.78, 5) is 7.57. The zero-order valence-electron chi connectivity index (χ0n) is 17.1. The second kappa shape index (κ2) is 11.9. The van der Waals surface area contributed by atoms with Crippen LogP contribution in [-0.2, 0) is 14.8 Å². The van der Waals surface area contributed by atoms with Gasteiger partial charge in [0, 0.05) is 33.3 Å². The van der Waals surface area contributed by atoms with Crippen LogP contribution >= 0.6 is 0 Å². The third-order valence-corrected chi connectivity index (χ3v) is 6.09. The number of halogens is 5. The molecule has 0 aliphatic carbocycles. The summed E-state index contributed by atoms with van der Waals surface area (Å²) in [7, 11) is -3.13. The Morgan fingerprint density at radius 2 is 1.41 bits per heavy atom. The van der Waals surface area contributed by atoms with Gasteiger partial charge in [0.15, 0.2) is 0 Å². The molecule has 13 heteroatoms. The molecule has 32 heavy (non-hydrogen) atoms. The zero-order chi connectivity index (χ0) is 24.6. The van der Waals surface area contributed by atoms with Crippen molar-refractivity contribution in [2.24, 2.45) is 0 Å². The first-order valence-corrected chi connectivity index (χ1v) is 10.3. The van der Waals surface area contributed by atoms with E-state index in [0.717, 1.165) is 17.5 Å². The number of benzene rings is 2. The maximum Gasteiger partial charge on any atom is 0.246 e. The van der Waals surface area contributed by atoms with E-state index in [1.165, 1.54) is 12.1 Å². The van der Waals surface area contributed by atoms with Gasteiger partial charge in [-0.15, -0.1) is 0 Å². The molecular weight excluding hydrogens is 463 g/mol. The summed E-state index contributed by atoms with van der Waals surface area (Å²) in [6, 6.07) is 3.69. The monoisotopic (exact) mass is 484 g/mol. The number of rotatable bonds is 4. The number of hydrogen-bond donors (Lipinski definition) is 2. The van der Waals surface area contributed by atoms with Crippen LogP contribution in [0.3, 0.4) is 0 Å². The van der Waals surface area contributed by atoms with Crippen LogP contribution in [0, 0.1) is 36.0 Å². The highest BCUT2D eigenvalue weighted by molar-refractivity contribution is 7.89. The van der Waals surface area contributed by atoms with E-state index < -0.39 is 55.5 Å². The first kappa shape index (κ1) is 27.4. The van der Waals surface area contributed by atoms with E-state index in [4.69, 9.17) is 14.6 Å². The van der Waals surface area contributed by atoms with Crippen molar-refractivity contribution in [2.45, 2.75) is 11.8 Å². The summed E-state index contributed by atoms with van der Waals surface area (Å²) in [5, 5.41) is 9.98. The summed E-state index contributed by atoms with van der Waals surface area (Å²) in [6.07, 6.45) is 0. The minimum absolute atomic E-state index is 0.151. The maximum absolute atomic E-state index is 13.9. The summed E-state index contributed by atoms with van der Waals surface area (Å²) >= 11 is 0. The molecular formula is C19H21F5N2O5S. The topological polar surface area (TPSA) is 95.9 Å². The van der Waals surface area contributed by atoms with Gasteiger partial charge in [0.2, 0.25) is 44.9 Å². The molecule has 3 rings (SSSR count). The molecule has 0 aromatic heterocycles. The first-order valence-electron chi connectivity index (χ1n) is 8.89. The molecule has 0 amide bonds. The molecule has 2 N–H and O–H groups in total. The number of carbonyl (C=O) groups excluding carboxylic acids is 1. The second-order valence-electron chi connectivity index (χ2n) is 6.11. The van der Waals surface area contributed by atoms with E-state index in [0.29, 0.717) is 18.7 Å². The highest BCUT2D eigenvalue weighted by atomic mass is 32.2. The zero-order valence-corrected chi connectivity index (χ0v) is 17.9. The second-order valence-corrected chi connectivity index (χ2v) is 8.01. The van der Waals surface area contributed by atoms with Crippen LogP contribution in [0.4, 0.5) is 22.0 Å². The highest BCUT2D eigenvalue weighted by Crippen LogP contribution is 2.36. The Morgan fingerprint density at radius 1 is 0.938 bits per heavy atom. The average Bonchev–Trinajstić information content (AvgIpc) is 2.83. The van der Waals surface area contributed by atoms with Crippen molar-refractivity contribution < 1.29 is 45.0 Å². The first-order chi connectivity index (χ1) is 15.1. The average molecular weight is 484 g/mol. The lowest BCUT2D eigenvalue weighted by atomic mass is 10.2. The summed E-state index contributed by atoms with van der Waals surface area (Å²) in [5.74, 6) is -13.2. The Balaban J connectivity index is 0.00000121. The normalized spacial score (nSPS) is 14.0. The van der Waals surface area contributed by atoms with Crippen LogP contribution in [0.25, 0.3) is 0 Å². The van der Waals surface area contributed by atoms with Gasteiger partial charge in [0.1, 0.15) is 17.4 Å². The molecule has 1 heterocycles. The number of carbonyl (C=O) groups is 1. The van der Waals surface area contributed by atoms with E-state index in [-0.39, 0.29) is 13.1 Å². The molecule has 1 aliphatic heterocycles. The van der Waals surface area contributed by atoms with Gasteiger partial charge in [0.05, 0.1) is 0 Å². The number of ether oxygens (including phenoxy) is 1. The van der Waals surface area contributed by atoms with Gasteiger partial charge in [-0.2, -0.15) is 13.1 Å². The predicted molar refractivity (Wildman–Crippen MR) is 104 cm³/mol. The van der Waals surface area contributed by atoms with Gasteiger partial charge in [-0.3, -0.25) is 0 Å². The van der Waals surface area contributed by atoms with Crippen molar-refractivity contribution in [3.63, 3.8) is 0 Å². The molecule has 0 spiro atoms. The van der Waals surface area contributed by atoms with E-state index in [1.54, 1.807) is 6.92 Å². The third kappa shape index (κ3) is 5.59. The number of nitrogens with zero attached hydrogens (tertiary/aromatic N) is 1. The van der Waals surface area contributed by atoms with Crippen molar-refractivity contribution in [3.8, 4) is 11.5 Å². The fourth-order valence-corrected chi connectivity index (χ4v) is 4.35. The summed E-state index contributed by atoms with van der Waals surface area (Å²) in [5.41, 5.74) is 0.499. The molecule has 2 aromatic carbocycles. The van der Waals surface area contributed by atoms with E-state index >= 15 is 0 Å². The SMILES string of the molecule is C=O.CO.Cc1ccc(Oc2c(F)c(F)c(F)c(F)c2F)c(S(=O)(=O)N2CCNCC2)c1. The number of aliphatic hydroxyl groups is 1. The fourth-order valence-electron chi connectivity index (χ4n) is 2.71. The van der Waals surface area contributed by atoms with Gasteiger partial charge in [-0.25, -0.2) is 21.6 Å². The van der Waals surface area contributed by atoms with E-state index in [2.05, 4.69) is 5.32 Å². The maximum atomic E-state index is 13.9. The molecule has 0 atom stereocenters. The molecule has 1 saturated heterocycles. The quantitative estimate of drug-likeness (QED) is 0.394. The lowest BCUT2D eigenvalue weighted by Crippen LogP contribution is -2.46. The van der Waals surface area contributed by atoms with Crippen LogP contribution in [0.2, 0.25) is 0 Å². The lowest BCUT2D eigenvalue weighted by Gasteiger charge is -2.27. The Kier molecular flexibility index (Phi) is 10.2. The number of sulfonamides is 1. The molecule has 178 valence electrons. The Morgan fingerprint density at radius 3 is 1.91 bits per heavy atom. The van der Waals surface area contributed by atoms with Gasteiger partial charge < -0.3 is 20.0 Å². The lowest BCUT2D eigenvalue weighted by molar-refractivity contribution is -0.0980. The standard InChI is InChI=1S/C17H15F5N2O3S.CH4O.CH2O/c1-9-2-3-10(11(8-9)28(25,26)24-6-4-23-5-7-24)27-17-15(21)13(19)12(18)14(20)16(17)22;2*1-2/h2-3,8,23H,4-7H2,1H3;2H,1H3;1H2. The number of aliphatic hydroxyl groups excluding tert-OH is 1. The van der Waals surface area contributed by atoms with Crippen LogP contribution in [0.1, 0.15) is 5.56 Å². The number of nitrogens with one attached hydrogen (secondary N) is 1. The molecule has 0 unspecified atom stereocenters. The van der Waals surface area contributed by atoms with E-state index in [9.17, 15) is 30.4 Å². The third-order valence-electron chi connectivity index (χ3n) is 4.17. The largest absolute Gasteiger partial charge is 0.450 e. The predicted octanol–water partition coefficient (Wildman–Crippen LogP) is 2.50. The van der Waals surface area contributed by atoms with Crippen LogP contribution in [0.15, 0.2) is 23.1 Å². The molecule has 7 nitrogen and oxygen atoms in total. The van der Waals surface area contributed by atoms with Crippen molar-refractivity contribution in [3.05, 3.63) is 52.8 Å². The van der Waals surface area contributed by atoms with Gasteiger partial charge >= 0.3 is 0 Å². The van der Waals surface area contributed by atoms with Crippen molar-refractivity contribution in [2.75, 3.05) is 33.3 Å². The molecule has 1 fully saturated rings. The number of aryl methyl sites for hydroxylation is 1. The van der Waals surface area contributed by atoms with Crippen molar-refractivity contribution in [1.82, 2.24) is 9.62 Å². The Labute approximate surface area is 181 Å². The Bertz CT molecular complexity index is 1020. The number of piperazine rings is 1. The van der Waals surface area contributed by atoms with Gasteiger partial charge in [0.25, 0.3) is 0 Å².